The lowest BCUT2D eigenvalue weighted by molar-refractivity contribution is -0.135. The molecule has 146 valence electrons. The molecule has 0 saturated heterocycles. The average Bonchev–Trinajstić information content (AvgIpc) is 2.95. The summed E-state index contributed by atoms with van der Waals surface area (Å²) in [6.07, 6.45) is 6.05. The first-order valence-electron chi connectivity index (χ1n) is 10.3. The van der Waals surface area contributed by atoms with E-state index < -0.39 is 11.5 Å². The van der Waals surface area contributed by atoms with Gasteiger partial charge in [-0.1, -0.05) is 61.7 Å². The standard InChI is InChI=1S/C24H27NO3/c1-2-25-21-11-7-6-10-20(21)24(28,23(25)27)16-22(26)19-14-12-18(13-15-19)17-8-4-3-5-9-17/h6-7,10-15,17,28H,2-5,8-9,16H2,1H3. The number of benzene rings is 2. The highest BCUT2D eigenvalue weighted by atomic mass is 16.3. The Morgan fingerprint density at radius 2 is 1.75 bits per heavy atom. The highest BCUT2D eigenvalue weighted by molar-refractivity contribution is 6.10. The molecule has 2 aromatic carbocycles. The van der Waals surface area contributed by atoms with Gasteiger partial charge in [0.05, 0.1) is 12.1 Å². The molecule has 0 bridgehead atoms. The first-order valence-corrected chi connectivity index (χ1v) is 10.3. The SMILES string of the molecule is CCN1C(=O)C(O)(CC(=O)c2ccc(C3CCCCC3)cc2)c2ccccc21. The molecule has 4 nitrogen and oxygen atoms in total. The van der Waals surface area contributed by atoms with Gasteiger partial charge in [0.25, 0.3) is 5.91 Å². The van der Waals surface area contributed by atoms with Crippen LogP contribution < -0.4 is 4.90 Å². The maximum atomic E-state index is 12.9. The van der Waals surface area contributed by atoms with Gasteiger partial charge in [0.2, 0.25) is 0 Å². The van der Waals surface area contributed by atoms with Gasteiger partial charge in [-0.05, 0) is 37.3 Å². The summed E-state index contributed by atoms with van der Waals surface area (Å²) < 4.78 is 0. The zero-order valence-electron chi connectivity index (χ0n) is 16.4. The number of Topliss-reactive ketones (excluding diaryl/α,β-unsaturated/α-hetero) is 1. The van der Waals surface area contributed by atoms with Crippen LogP contribution in [0.4, 0.5) is 5.69 Å². The zero-order valence-corrected chi connectivity index (χ0v) is 16.4. The molecule has 0 radical (unpaired) electrons. The number of anilines is 1. The molecule has 0 aromatic heterocycles. The highest BCUT2D eigenvalue weighted by Gasteiger charge is 2.50. The topological polar surface area (TPSA) is 57.6 Å². The molecule has 1 saturated carbocycles. The number of carbonyl (C=O) groups excluding carboxylic acids is 2. The zero-order chi connectivity index (χ0) is 19.7. The third kappa shape index (κ3) is 3.16. The second kappa shape index (κ2) is 7.51. The van der Waals surface area contributed by atoms with E-state index in [0.717, 1.165) is 0 Å². The van der Waals surface area contributed by atoms with Crippen molar-refractivity contribution in [3.8, 4) is 0 Å². The third-order valence-electron chi connectivity index (χ3n) is 6.28. The van der Waals surface area contributed by atoms with Gasteiger partial charge < -0.3 is 10.0 Å². The van der Waals surface area contributed by atoms with Crippen molar-refractivity contribution in [2.45, 2.75) is 57.0 Å². The van der Waals surface area contributed by atoms with Crippen LogP contribution in [0.3, 0.4) is 0 Å². The molecule has 1 fully saturated rings. The van der Waals surface area contributed by atoms with Crippen molar-refractivity contribution in [1.82, 2.24) is 0 Å². The van der Waals surface area contributed by atoms with Gasteiger partial charge in [0.15, 0.2) is 11.4 Å². The molecule has 1 unspecified atom stereocenters. The molecular formula is C24H27NO3. The van der Waals surface area contributed by atoms with Crippen LogP contribution in [-0.4, -0.2) is 23.3 Å². The number of ketones is 1. The first kappa shape index (κ1) is 18.9. The molecule has 2 aromatic rings. The number of nitrogens with zero attached hydrogens (tertiary/aromatic N) is 1. The van der Waals surface area contributed by atoms with E-state index in [1.165, 1.54) is 37.7 Å². The summed E-state index contributed by atoms with van der Waals surface area (Å²) in [7, 11) is 0. The molecule has 1 atom stereocenters. The summed E-state index contributed by atoms with van der Waals surface area (Å²) in [4.78, 5) is 27.3. The lowest BCUT2D eigenvalue weighted by Gasteiger charge is -2.23. The molecule has 1 amide bonds. The number of amides is 1. The number of fused-ring (bicyclic) bond motifs is 1. The van der Waals surface area contributed by atoms with E-state index in [9.17, 15) is 14.7 Å². The summed E-state index contributed by atoms with van der Waals surface area (Å²) >= 11 is 0. The number of rotatable bonds is 5. The Labute approximate surface area is 166 Å². The van der Waals surface area contributed by atoms with E-state index in [4.69, 9.17) is 0 Å². The smallest absolute Gasteiger partial charge is 0.264 e. The number of para-hydroxylation sites is 1. The molecule has 28 heavy (non-hydrogen) atoms. The summed E-state index contributed by atoms with van der Waals surface area (Å²) in [6.45, 7) is 2.33. The molecule has 1 N–H and O–H groups in total. The quantitative estimate of drug-likeness (QED) is 0.777. The van der Waals surface area contributed by atoms with Gasteiger partial charge in [-0.2, -0.15) is 0 Å². The Morgan fingerprint density at radius 3 is 2.43 bits per heavy atom. The van der Waals surface area contributed by atoms with Crippen LogP contribution in [0, 0.1) is 0 Å². The van der Waals surface area contributed by atoms with Crippen LogP contribution in [-0.2, 0) is 10.4 Å². The first-order chi connectivity index (χ1) is 13.5. The fourth-order valence-corrected chi connectivity index (χ4v) is 4.70. The maximum absolute atomic E-state index is 12.9. The van der Waals surface area contributed by atoms with Gasteiger partial charge in [-0.25, -0.2) is 0 Å². The molecule has 4 rings (SSSR count). The number of hydrogen-bond donors (Lipinski definition) is 1. The fourth-order valence-electron chi connectivity index (χ4n) is 4.70. The van der Waals surface area contributed by atoms with Crippen molar-refractivity contribution in [3.05, 3.63) is 65.2 Å². The summed E-state index contributed by atoms with van der Waals surface area (Å²) in [5.41, 5.74) is 1.26. The van der Waals surface area contributed by atoms with Gasteiger partial charge in [-0.3, -0.25) is 9.59 Å². The van der Waals surface area contributed by atoms with E-state index in [2.05, 4.69) is 0 Å². The summed E-state index contributed by atoms with van der Waals surface area (Å²) in [5.74, 6) is -0.0364. The van der Waals surface area contributed by atoms with E-state index in [1.54, 1.807) is 17.0 Å². The molecular weight excluding hydrogens is 350 g/mol. The van der Waals surface area contributed by atoms with Crippen molar-refractivity contribution in [2.24, 2.45) is 0 Å². The van der Waals surface area contributed by atoms with Crippen molar-refractivity contribution < 1.29 is 14.7 Å². The Bertz CT molecular complexity index is 883. The third-order valence-corrected chi connectivity index (χ3v) is 6.28. The number of carbonyl (C=O) groups is 2. The summed E-state index contributed by atoms with van der Waals surface area (Å²) in [6, 6.07) is 15.0. The molecule has 0 spiro atoms. The molecule has 2 aliphatic rings. The van der Waals surface area contributed by atoms with Crippen molar-refractivity contribution in [2.75, 3.05) is 11.4 Å². The van der Waals surface area contributed by atoms with Gasteiger partial charge in [0.1, 0.15) is 0 Å². The molecule has 1 aliphatic carbocycles. The fraction of sp³-hybridized carbons (Fsp3) is 0.417. The van der Waals surface area contributed by atoms with Crippen LogP contribution in [0.25, 0.3) is 0 Å². The monoisotopic (exact) mass is 377 g/mol. The van der Waals surface area contributed by atoms with Crippen LogP contribution in [0.2, 0.25) is 0 Å². The molecule has 1 aliphatic heterocycles. The van der Waals surface area contributed by atoms with E-state index in [0.29, 0.717) is 29.3 Å². The van der Waals surface area contributed by atoms with Crippen LogP contribution >= 0.6 is 0 Å². The largest absolute Gasteiger partial charge is 0.375 e. The minimum atomic E-state index is -1.79. The highest BCUT2D eigenvalue weighted by Crippen LogP contribution is 2.42. The lowest BCUT2D eigenvalue weighted by atomic mass is 9.83. The Kier molecular flexibility index (Phi) is 5.07. The van der Waals surface area contributed by atoms with Crippen molar-refractivity contribution >= 4 is 17.4 Å². The minimum absolute atomic E-state index is 0.209. The maximum Gasteiger partial charge on any atom is 0.264 e. The number of likely N-dealkylation sites (N-methyl/N-ethyl adjacent to an activating group) is 1. The lowest BCUT2D eigenvalue weighted by Crippen LogP contribution is -2.41. The Morgan fingerprint density at radius 1 is 1.07 bits per heavy atom. The van der Waals surface area contributed by atoms with Crippen molar-refractivity contribution in [3.63, 3.8) is 0 Å². The second-order valence-corrected chi connectivity index (χ2v) is 7.98. The molecule has 4 heteroatoms. The summed E-state index contributed by atoms with van der Waals surface area (Å²) in [5, 5.41) is 11.2. The minimum Gasteiger partial charge on any atom is -0.375 e. The van der Waals surface area contributed by atoms with E-state index in [1.807, 2.05) is 43.3 Å². The average molecular weight is 377 g/mol. The van der Waals surface area contributed by atoms with Crippen LogP contribution in [0.15, 0.2) is 48.5 Å². The second-order valence-electron chi connectivity index (χ2n) is 7.98. The van der Waals surface area contributed by atoms with E-state index >= 15 is 0 Å². The number of aliphatic hydroxyl groups is 1. The van der Waals surface area contributed by atoms with Gasteiger partial charge in [-0.15, -0.1) is 0 Å². The van der Waals surface area contributed by atoms with E-state index in [-0.39, 0.29) is 12.2 Å². The number of hydrogen-bond acceptors (Lipinski definition) is 3. The van der Waals surface area contributed by atoms with Crippen LogP contribution in [0.1, 0.15) is 72.9 Å². The Balaban J connectivity index is 1.55. The predicted molar refractivity (Wildman–Crippen MR) is 110 cm³/mol. The van der Waals surface area contributed by atoms with Crippen molar-refractivity contribution in [1.29, 1.82) is 0 Å². The molecule has 1 heterocycles. The van der Waals surface area contributed by atoms with Crippen LogP contribution in [0.5, 0.6) is 0 Å². The van der Waals surface area contributed by atoms with Gasteiger partial charge in [0, 0.05) is 17.7 Å². The normalized spacial score (nSPS) is 22.4. The predicted octanol–water partition coefficient (Wildman–Crippen LogP) is 4.56. The van der Waals surface area contributed by atoms with Gasteiger partial charge >= 0.3 is 0 Å². The Hall–Kier alpha value is -2.46.